The van der Waals surface area contributed by atoms with Gasteiger partial charge in [-0.3, -0.25) is 5.32 Å². The molecule has 0 aliphatic rings. The summed E-state index contributed by atoms with van der Waals surface area (Å²) in [7, 11) is 0. The number of halogens is 1. The smallest absolute Gasteiger partial charge is 0.0743 e. The summed E-state index contributed by atoms with van der Waals surface area (Å²) >= 11 is 5.83. The van der Waals surface area contributed by atoms with Crippen molar-refractivity contribution in [1.29, 1.82) is 0 Å². The number of terminal acetylenes is 1. The molecule has 1 rings (SSSR count). The third-order valence-corrected chi connectivity index (χ3v) is 2.68. The van der Waals surface area contributed by atoms with Gasteiger partial charge in [0.2, 0.25) is 0 Å². The molecule has 0 amide bonds. The Morgan fingerprint density at radius 2 is 1.94 bits per heavy atom. The molecule has 0 saturated carbocycles. The molecule has 0 fully saturated rings. The van der Waals surface area contributed by atoms with Crippen LogP contribution in [0, 0.1) is 12.3 Å². The van der Waals surface area contributed by atoms with Gasteiger partial charge in [0.1, 0.15) is 0 Å². The molecule has 0 aliphatic carbocycles. The predicted octanol–water partition coefficient (Wildman–Crippen LogP) is 3.27. The Balaban J connectivity index is 2.55. The highest BCUT2D eigenvalue weighted by Crippen LogP contribution is 2.12. The minimum Gasteiger partial charge on any atom is -0.299 e. The number of hydrogen-bond acceptors (Lipinski definition) is 1. The molecule has 16 heavy (non-hydrogen) atoms. The van der Waals surface area contributed by atoms with Crippen molar-refractivity contribution in [3.8, 4) is 12.3 Å². The molecule has 1 aromatic carbocycles. The first kappa shape index (κ1) is 13.1. The van der Waals surface area contributed by atoms with Crippen LogP contribution in [0.25, 0.3) is 0 Å². The minimum atomic E-state index is -0.258. The molecule has 0 aliphatic heterocycles. The van der Waals surface area contributed by atoms with Crippen LogP contribution < -0.4 is 5.32 Å². The van der Waals surface area contributed by atoms with E-state index in [-0.39, 0.29) is 5.54 Å². The molecular formula is C14H18ClN. The fraction of sp³-hybridized carbons (Fsp3) is 0.429. The number of benzene rings is 1. The molecule has 0 spiro atoms. The monoisotopic (exact) mass is 235 g/mol. The maximum Gasteiger partial charge on any atom is 0.0743 e. The van der Waals surface area contributed by atoms with E-state index in [2.05, 4.69) is 18.2 Å². The Hall–Kier alpha value is -0.970. The van der Waals surface area contributed by atoms with E-state index in [0.717, 1.165) is 11.4 Å². The van der Waals surface area contributed by atoms with Crippen LogP contribution in [0.3, 0.4) is 0 Å². The highest BCUT2D eigenvalue weighted by molar-refractivity contribution is 6.30. The summed E-state index contributed by atoms with van der Waals surface area (Å²) in [4.78, 5) is 0. The van der Waals surface area contributed by atoms with Crippen molar-refractivity contribution < 1.29 is 0 Å². The van der Waals surface area contributed by atoms with Gasteiger partial charge in [-0.25, -0.2) is 0 Å². The summed E-state index contributed by atoms with van der Waals surface area (Å²) < 4.78 is 0. The summed E-state index contributed by atoms with van der Waals surface area (Å²) in [6, 6.07) is 8.26. The van der Waals surface area contributed by atoms with E-state index in [1.807, 2.05) is 38.1 Å². The lowest BCUT2D eigenvalue weighted by molar-refractivity contribution is 0.420. The summed E-state index contributed by atoms with van der Waals surface area (Å²) in [6.07, 6.45) is 6.38. The number of nitrogens with one attached hydrogen (secondary N) is 1. The zero-order valence-electron chi connectivity index (χ0n) is 10.0. The van der Waals surface area contributed by atoms with E-state index in [9.17, 15) is 0 Å². The molecule has 1 unspecified atom stereocenters. The van der Waals surface area contributed by atoms with E-state index in [1.54, 1.807) is 0 Å². The topological polar surface area (TPSA) is 12.0 Å². The van der Waals surface area contributed by atoms with Gasteiger partial charge in [-0.1, -0.05) is 29.7 Å². The Labute approximate surface area is 103 Å². The van der Waals surface area contributed by atoms with Crippen LogP contribution in [0.4, 0.5) is 0 Å². The molecule has 0 radical (unpaired) electrons. The van der Waals surface area contributed by atoms with Gasteiger partial charge in [-0.15, -0.1) is 6.42 Å². The highest BCUT2D eigenvalue weighted by Gasteiger charge is 2.16. The molecular weight excluding hydrogens is 218 g/mol. The average Bonchev–Trinajstić information content (AvgIpc) is 2.21. The second-order valence-electron chi connectivity index (χ2n) is 4.65. The standard InChI is InChI=1S/C14H18ClN/c1-5-14(3,4)16-11(2)10-12-6-8-13(15)9-7-12/h1,6-9,11,16H,10H2,2-4H3. The zero-order valence-corrected chi connectivity index (χ0v) is 10.8. The van der Waals surface area contributed by atoms with Gasteiger partial charge in [0.25, 0.3) is 0 Å². The number of rotatable bonds is 4. The Bertz CT molecular complexity index is 373. The molecule has 0 aromatic heterocycles. The Kier molecular flexibility index (Phi) is 4.41. The van der Waals surface area contributed by atoms with Crippen molar-refractivity contribution in [2.75, 3.05) is 0 Å². The SMILES string of the molecule is C#CC(C)(C)NC(C)Cc1ccc(Cl)cc1. The van der Waals surface area contributed by atoms with E-state index < -0.39 is 0 Å². The van der Waals surface area contributed by atoms with Gasteiger partial charge in [-0.05, 0) is 44.9 Å². The first-order valence-electron chi connectivity index (χ1n) is 5.43. The van der Waals surface area contributed by atoms with Gasteiger partial charge in [-0.2, -0.15) is 0 Å². The minimum absolute atomic E-state index is 0.258. The molecule has 1 nitrogen and oxygen atoms in total. The van der Waals surface area contributed by atoms with Crippen LogP contribution in [0.15, 0.2) is 24.3 Å². The van der Waals surface area contributed by atoms with Gasteiger partial charge in [0.05, 0.1) is 5.54 Å². The van der Waals surface area contributed by atoms with Crippen LogP contribution in [0.1, 0.15) is 26.3 Å². The van der Waals surface area contributed by atoms with Crippen molar-refractivity contribution in [3.05, 3.63) is 34.9 Å². The van der Waals surface area contributed by atoms with Gasteiger partial charge >= 0.3 is 0 Å². The lowest BCUT2D eigenvalue weighted by Gasteiger charge is -2.25. The molecule has 1 aromatic rings. The maximum atomic E-state index is 5.83. The molecule has 0 bridgehead atoms. The third kappa shape index (κ3) is 4.26. The van der Waals surface area contributed by atoms with E-state index >= 15 is 0 Å². The van der Waals surface area contributed by atoms with Crippen LogP contribution in [0.2, 0.25) is 5.02 Å². The highest BCUT2D eigenvalue weighted by atomic mass is 35.5. The lowest BCUT2D eigenvalue weighted by Crippen LogP contribution is -2.44. The second kappa shape index (κ2) is 5.39. The third-order valence-electron chi connectivity index (χ3n) is 2.42. The summed E-state index contributed by atoms with van der Waals surface area (Å²) in [5.74, 6) is 2.73. The Morgan fingerprint density at radius 1 is 1.38 bits per heavy atom. The van der Waals surface area contributed by atoms with E-state index in [1.165, 1.54) is 5.56 Å². The van der Waals surface area contributed by atoms with Crippen molar-refractivity contribution in [2.45, 2.75) is 38.8 Å². The Morgan fingerprint density at radius 3 is 2.44 bits per heavy atom. The molecule has 0 saturated heterocycles. The van der Waals surface area contributed by atoms with Crippen LogP contribution in [0.5, 0.6) is 0 Å². The van der Waals surface area contributed by atoms with Crippen LogP contribution >= 0.6 is 11.6 Å². The normalized spacial score (nSPS) is 13.2. The molecule has 2 heteroatoms. The lowest BCUT2D eigenvalue weighted by atomic mass is 10.0. The van der Waals surface area contributed by atoms with Gasteiger partial charge in [0.15, 0.2) is 0 Å². The molecule has 1 N–H and O–H groups in total. The predicted molar refractivity (Wildman–Crippen MR) is 70.7 cm³/mol. The number of hydrogen-bond donors (Lipinski definition) is 1. The average molecular weight is 236 g/mol. The van der Waals surface area contributed by atoms with Crippen molar-refractivity contribution in [2.24, 2.45) is 0 Å². The summed E-state index contributed by atoms with van der Waals surface area (Å²) in [6.45, 7) is 6.14. The van der Waals surface area contributed by atoms with Gasteiger partial charge in [0, 0.05) is 11.1 Å². The van der Waals surface area contributed by atoms with E-state index in [0.29, 0.717) is 6.04 Å². The van der Waals surface area contributed by atoms with Crippen molar-refractivity contribution in [1.82, 2.24) is 5.32 Å². The van der Waals surface area contributed by atoms with Crippen LogP contribution in [-0.2, 0) is 6.42 Å². The maximum absolute atomic E-state index is 5.83. The molecule has 1 atom stereocenters. The molecule has 86 valence electrons. The first-order valence-corrected chi connectivity index (χ1v) is 5.80. The zero-order chi connectivity index (χ0) is 12.2. The fourth-order valence-corrected chi connectivity index (χ4v) is 1.81. The summed E-state index contributed by atoms with van der Waals surface area (Å²) in [5.41, 5.74) is 1.00. The molecule has 0 heterocycles. The first-order chi connectivity index (χ1) is 7.43. The quantitative estimate of drug-likeness (QED) is 0.790. The van der Waals surface area contributed by atoms with Gasteiger partial charge < -0.3 is 0 Å². The summed E-state index contributed by atoms with van der Waals surface area (Å²) in [5, 5.41) is 4.17. The second-order valence-corrected chi connectivity index (χ2v) is 5.08. The largest absolute Gasteiger partial charge is 0.299 e. The van der Waals surface area contributed by atoms with Crippen molar-refractivity contribution >= 4 is 11.6 Å². The van der Waals surface area contributed by atoms with E-state index in [4.69, 9.17) is 18.0 Å². The van der Waals surface area contributed by atoms with Crippen LogP contribution in [-0.4, -0.2) is 11.6 Å². The van der Waals surface area contributed by atoms with Crippen molar-refractivity contribution in [3.63, 3.8) is 0 Å². The fourth-order valence-electron chi connectivity index (χ4n) is 1.68.